The number of aliphatic carboxylic acids is 1. The van der Waals surface area contributed by atoms with Crippen LogP contribution in [0.5, 0.6) is 0 Å². The minimum absolute atomic E-state index is 0.0526. The molecule has 0 amide bonds. The van der Waals surface area contributed by atoms with Crippen molar-refractivity contribution in [3.8, 4) is 0 Å². The van der Waals surface area contributed by atoms with Gasteiger partial charge in [0.05, 0.1) is 0 Å². The number of aryl methyl sites for hydroxylation is 1. The van der Waals surface area contributed by atoms with Crippen molar-refractivity contribution in [2.75, 3.05) is 5.33 Å². The predicted molar refractivity (Wildman–Crippen MR) is 71.2 cm³/mol. The summed E-state index contributed by atoms with van der Waals surface area (Å²) in [5.41, 5.74) is 1.59. The van der Waals surface area contributed by atoms with E-state index in [0.29, 0.717) is 23.7 Å². The summed E-state index contributed by atoms with van der Waals surface area (Å²) >= 11 is 3.20. The number of carbonyl (C=O) groups is 2. The Bertz CT molecular complexity index is 456. The smallest absolute Gasteiger partial charge is 0.337 e. The van der Waals surface area contributed by atoms with E-state index in [-0.39, 0.29) is 11.3 Å². The lowest BCUT2D eigenvalue weighted by Gasteiger charge is -2.11. The highest BCUT2D eigenvalue weighted by atomic mass is 79.9. The number of carboxylic acids is 1. The molecule has 98 valence electrons. The number of hydrogen-bond donors (Lipinski definition) is 2. The number of carbonyl (C=O) groups excluding carboxylic acids is 1. The third-order valence-electron chi connectivity index (χ3n) is 2.69. The van der Waals surface area contributed by atoms with Crippen LogP contribution in [0.1, 0.15) is 40.9 Å². The fourth-order valence-electron chi connectivity index (χ4n) is 1.70. The van der Waals surface area contributed by atoms with Crippen molar-refractivity contribution in [2.45, 2.75) is 25.9 Å². The Morgan fingerprint density at radius 2 is 2.06 bits per heavy atom. The van der Waals surface area contributed by atoms with Gasteiger partial charge in [0.1, 0.15) is 0 Å². The van der Waals surface area contributed by atoms with Gasteiger partial charge in [-0.1, -0.05) is 35.0 Å². The van der Waals surface area contributed by atoms with Gasteiger partial charge in [-0.05, 0) is 23.6 Å². The molecule has 0 aliphatic rings. The van der Waals surface area contributed by atoms with Crippen LogP contribution in [0.2, 0.25) is 0 Å². The molecule has 1 aromatic carbocycles. The fourth-order valence-corrected chi connectivity index (χ4v) is 2.06. The molecule has 0 saturated heterocycles. The van der Waals surface area contributed by atoms with Crippen molar-refractivity contribution in [1.82, 2.24) is 0 Å². The molecule has 4 nitrogen and oxygen atoms in total. The highest BCUT2D eigenvalue weighted by molar-refractivity contribution is 9.09. The largest absolute Gasteiger partial charge is 0.479 e. The van der Waals surface area contributed by atoms with E-state index in [4.69, 9.17) is 5.11 Å². The predicted octanol–water partition coefficient (Wildman–Crippen LogP) is 2.33. The zero-order valence-electron chi connectivity index (χ0n) is 10.0. The molecule has 0 aromatic heterocycles. The van der Waals surface area contributed by atoms with Crippen LogP contribution in [-0.4, -0.2) is 27.3 Å². The standard InChI is InChI=1S/C13H15BrO4/c1-2-8-3-4-9(12(16)13(17)18)7-10(8)11(15)5-6-14/h3-4,7,12,16H,2,5-6H2,1H3,(H,17,18). The van der Waals surface area contributed by atoms with E-state index in [1.807, 2.05) is 6.92 Å². The second-order valence-electron chi connectivity index (χ2n) is 3.87. The fraction of sp³-hybridized carbons (Fsp3) is 0.385. The Kier molecular flexibility index (Phi) is 5.50. The molecule has 1 aromatic rings. The molecule has 0 fully saturated rings. The molecule has 0 aliphatic carbocycles. The monoisotopic (exact) mass is 314 g/mol. The van der Waals surface area contributed by atoms with Crippen LogP contribution in [0.3, 0.4) is 0 Å². The van der Waals surface area contributed by atoms with E-state index in [2.05, 4.69) is 15.9 Å². The van der Waals surface area contributed by atoms with Crippen molar-refractivity contribution in [3.63, 3.8) is 0 Å². The summed E-state index contributed by atoms with van der Waals surface area (Å²) in [6.07, 6.45) is -0.557. The van der Waals surface area contributed by atoms with E-state index < -0.39 is 12.1 Å². The average molecular weight is 315 g/mol. The summed E-state index contributed by atoms with van der Waals surface area (Å²) in [6, 6.07) is 4.72. The summed E-state index contributed by atoms with van der Waals surface area (Å²) in [5.74, 6) is -1.37. The first kappa shape index (κ1) is 14.9. The molecule has 2 N–H and O–H groups in total. The van der Waals surface area contributed by atoms with Crippen LogP contribution in [-0.2, 0) is 11.2 Å². The molecule has 0 saturated carbocycles. The number of halogens is 1. The van der Waals surface area contributed by atoms with E-state index in [1.165, 1.54) is 6.07 Å². The first-order valence-electron chi connectivity index (χ1n) is 5.64. The Labute approximate surface area is 114 Å². The third-order valence-corrected chi connectivity index (χ3v) is 3.08. The van der Waals surface area contributed by atoms with Gasteiger partial charge in [-0.3, -0.25) is 4.79 Å². The molecule has 0 bridgehead atoms. The number of aliphatic hydroxyl groups is 1. The van der Waals surface area contributed by atoms with Crippen molar-refractivity contribution in [2.24, 2.45) is 0 Å². The van der Waals surface area contributed by atoms with Gasteiger partial charge < -0.3 is 10.2 Å². The van der Waals surface area contributed by atoms with E-state index in [9.17, 15) is 14.7 Å². The summed E-state index contributed by atoms with van der Waals surface area (Å²) in [7, 11) is 0. The number of carboxylic acid groups (broad SMARTS) is 1. The normalized spacial score (nSPS) is 12.2. The maximum absolute atomic E-state index is 11.9. The van der Waals surface area contributed by atoms with Gasteiger partial charge >= 0.3 is 5.97 Å². The number of hydrogen-bond acceptors (Lipinski definition) is 3. The number of Topliss-reactive ketones (excluding diaryl/α,β-unsaturated/α-hetero) is 1. The van der Waals surface area contributed by atoms with Crippen molar-refractivity contribution in [1.29, 1.82) is 0 Å². The highest BCUT2D eigenvalue weighted by Crippen LogP contribution is 2.20. The van der Waals surface area contributed by atoms with Gasteiger partial charge in [0.25, 0.3) is 0 Å². The molecule has 1 atom stereocenters. The summed E-state index contributed by atoms with van der Waals surface area (Å²) in [4.78, 5) is 22.6. The van der Waals surface area contributed by atoms with Crippen LogP contribution < -0.4 is 0 Å². The highest BCUT2D eigenvalue weighted by Gasteiger charge is 2.19. The van der Waals surface area contributed by atoms with Gasteiger partial charge in [0, 0.05) is 17.3 Å². The lowest BCUT2D eigenvalue weighted by Crippen LogP contribution is -2.12. The summed E-state index contributed by atoms with van der Waals surface area (Å²) in [6.45, 7) is 1.92. The van der Waals surface area contributed by atoms with Crippen LogP contribution in [0.15, 0.2) is 18.2 Å². The van der Waals surface area contributed by atoms with Crippen molar-refractivity contribution >= 4 is 27.7 Å². The van der Waals surface area contributed by atoms with Crippen LogP contribution in [0.4, 0.5) is 0 Å². The van der Waals surface area contributed by atoms with Gasteiger partial charge in [-0.2, -0.15) is 0 Å². The Morgan fingerprint density at radius 1 is 1.39 bits per heavy atom. The number of rotatable bonds is 6. The molecule has 18 heavy (non-hydrogen) atoms. The molecule has 1 rings (SSSR count). The topological polar surface area (TPSA) is 74.6 Å². The minimum Gasteiger partial charge on any atom is -0.479 e. The maximum atomic E-state index is 11.9. The maximum Gasteiger partial charge on any atom is 0.337 e. The molecule has 0 spiro atoms. The third kappa shape index (κ3) is 3.40. The number of alkyl halides is 1. The second-order valence-corrected chi connectivity index (χ2v) is 4.67. The van der Waals surface area contributed by atoms with Gasteiger partial charge in [-0.25, -0.2) is 4.79 Å². The molecule has 0 heterocycles. The first-order chi connectivity index (χ1) is 8.51. The molecule has 0 aliphatic heterocycles. The van der Waals surface area contributed by atoms with Crippen molar-refractivity contribution < 1.29 is 19.8 Å². The van der Waals surface area contributed by atoms with Crippen molar-refractivity contribution in [3.05, 3.63) is 34.9 Å². The van der Waals surface area contributed by atoms with Crippen LogP contribution in [0, 0.1) is 0 Å². The lowest BCUT2D eigenvalue weighted by atomic mass is 9.96. The Hall–Kier alpha value is -1.20. The summed E-state index contributed by atoms with van der Waals surface area (Å²) < 4.78 is 0. The van der Waals surface area contributed by atoms with E-state index >= 15 is 0 Å². The SMILES string of the molecule is CCc1ccc(C(O)C(=O)O)cc1C(=O)CCBr. The quantitative estimate of drug-likeness (QED) is 0.624. The zero-order valence-corrected chi connectivity index (χ0v) is 11.6. The molecule has 5 heteroatoms. The van der Waals surface area contributed by atoms with E-state index in [0.717, 1.165) is 5.56 Å². The number of ketones is 1. The second kappa shape index (κ2) is 6.66. The zero-order chi connectivity index (χ0) is 13.7. The Morgan fingerprint density at radius 3 is 2.56 bits per heavy atom. The van der Waals surface area contributed by atoms with Crippen LogP contribution >= 0.6 is 15.9 Å². The first-order valence-corrected chi connectivity index (χ1v) is 6.76. The Balaban J connectivity index is 3.17. The van der Waals surface area contributed by atoms with Gasteiger partial charge in [0.2, 0.25) is 0 Å². The minimum atomic E-state index is -1.59. The lowest BCUT2D eigenvalue weighted by molar-refractivity contribution is -0.146. The van der Waals surface area contributed by atoms with Gasteiger partial charge in [-0.15, -0.1) is 0 Å². The molecular weight excluding hydrogens is 300 g/mol. The van der Waals surface area contributed by atoms with Crippen LogP contribution in [0.25, 0.3) is 0 Å². The van der Waals surface area contributed by atoms with E-state index in [1.54, 1.807) is 12.1 Å². The number of aliphatic hydroxyl groups excluding tert-OH is 1. The molecule has 0 radical (unpaired) electrons. The average Bonchev–Trinajstić information content (AvgIpc) is 2.37. The molecular formula is C13H15BrO4. The van der Waals surface area contributed by atoms with Gasteiger partial charge in [0.15, 0.2) is 11.9 Å². The summed E-state index contributed by atoms with van der Waals surface area (Å²) in [5, 5.41) is 18.8. The molecule has 1 unspecified atom stereocenters. The number of benzene rings is 1.